The van der Waals surface area contributed by atoms with Crippen molar-refractivity contribution in [2.45, 2.75) is 9.79 Å². The number of aromatic amines is 1. The van der Waals surface area contributed by atoms with Gasteiger partial charge in [0, 0.05) is 30.2 Å². The normalized spacial score (nSPS) is 12.2. The maximum absolute atomic E-state index is 12.8. The molecule has 0 unspecified atom stereocenters. The molecule has 0 amide bonds. The van der Waals surface area contributed by atoms with Gasteiger partial charge < -0.3 is 10.3 Å². The molecular weight excluding hydrogens is 456 g/mol. The third kappa shape index (κ3) is 4.03. The van der Waals surface area contributed by atoms with Crippen molar-refractivity contribution in [2.75, 3.05) is 12.3 Å². The van der Waals surface area contributed by atoms with Crippen LogP contribution in [0.1, 0.15) is 0 Å². The summed E-state index contributed by atoms with van der Waals surface area (Å²) in [5.74, 6) is -0.513. The Morgan fingerprint density at radius 2 is 1.91 bits per heavy atom. The van der Waals surface area contributed by atoms with Gasteiger partial charge >= 0.3 is 0 Å². The van der Waals surface area contributed by atoms with Gasteiger partial charge in [-0.15, -0.1) is 5.10 Å². The van der Waals surface area contributed by atoms with Crippen LogP contribution in [-0.2, 0) is 19.9 Å². The number of nitrogens with one attached hydrogen (secondary N) is 1. The fourth-order valence-corrected chi connectivity index (χ4v) is 6.10. The van der Waals surface area contributed by atoms with Crippen molar-refractivity contribution in [3.63, 3.8) is 0 Å². The molecule has 14 heteroatoms. The molecule has 0 atom stereocenters. The number of aromatic nitrogens is 6. The molecule has 0 bridgehead atoms. The van der Waals surface area contributed by atoms with Gasteiger partial charge in [0.15, 0.2) is 15.7 Å². The number of sulfonamides is 1. The number of primary sulfonamides is 1. The van der Waals surface area contributed by atoms with Gasteiger partial charge in [0.25, 0.3) is 0 Å². The molecule has 5 N–H and O–H groups in total. The molecule has 0 aliphatic rings. The van der Waals surface area contributed by atoms with Gasteiger partial charge in [0.1, 0.15) is 4.90 Å². The SMILES string of the molecule is NCCS(=O)(=O)c1ccc(-c2cccc(-n3ccnc3)c2)c(-c2nnn[nH]2)c1S(N)(=O)=O. The summed E-state index contributed by atoms with van der Waals surface area (Å²) < 4.78 is 52.7. The molecule has 166 valence electrons. The summed E-state index contributed by atoms with van der Waals surface area (Å²) in [6, 6.07) is 9.82. The van der Waals surface area contributed by atoms with Gasteiger partial charge in [-0.05, 0) is 39.8 Å². The lowest BCUT2D eigenvalue weighted by Crippen LogP contribution is -2.22. The minimum atomic E-state index is -4.53. The van der Waals surface area contributed by atoms with Crippen LogP contribution in [0.4, 0.5) is 0 Å². The first-order valence-corrected chi connectivity index (χ1v) is 12.4. The second-order valence-electron chi connectivity index (χ2n) is 6.74. The van der Waals surface area contributed by atoms with Crippen LogP contribution in [0, 0.1) is 0 Å². The van der Waals surface area contributed by atoms with Gasteiger partial charge in [0.05, 0.1) is 17.0 Å². The zero-order chi connectivity index (χ0) is 22.9. The zero-order valence-electron chi connectivity index (χ0n) is 16.5. The van der Waals surface area contributed by atoms with E-state index in [9.17, 15) is 16.8 Å². The van der Waals surface area contributed by atoms with Gasteiger partial charge in [-0.25, -0.2) is 32.1 Å². The summed E-state index contributed by atoms with van der Waals surface area (Å²) in [7, 11) is -8.59. The number of rotatable bonds is 7. The van der Waals surface area contributed by atoms with Crippen molar-refractivity contribution in [1.29, 1.82) is 0 Å². The lowest BCUT2D eigenvalue weighted by atomic mass is 9.98. The number of H-pyrrole nitrogens is 1. The Bertz CT molecular complexity index is 1470. The number of imidazole rings is 1. The number of nitrogens with zero attached hydrogens (tertiary/aromatic N) is 5. The molecule has 0 aliphatic carbocycles. The monoisotopic (exact) mass is 474 g/mol. The number of hydrogen-bond acceptors (Lipinski definition) is 9. The lowest BCUT2D eigenvalue weighted by molar-refractivity contribution is 0.583. The average molecular weight is 475 g/mol. The van der Waals surface area contributed by atoms with Crippen molar-refractivity contribution < 1.29 is 16.8 Å². The van der Waals surface area contributed by atoms with Crippen molar-refractivity contribution in [3.8, 4) is 28.2 Å². The van der Waals surface area contributed by atoms with Gasteiger partial charge in [-0.3, -0.25) is 0 Å². The number of tetrazole rings is 1. The summed E-state index contributed by atoms with van der Waals surface area (Å²) in [6.45, 7) is -0.194. The Labute approximate surface area is 183 Å². The third-order valence-electron chi connectivity index (χ3n) is 4.67. The molecule has 4 rings (SSSR count). The molecule has 2 aromatic heterocycles. The first kappa shape index (κ1) is 21.8. The standard InChI is InChI=1S/C18H18N8O4S2/c19-6-9-31(27,28)15-5-4-14(12-2-1-3-13(10-12)26-8-7-21-11-26)16(17(15)32(20,29)30)18-22-24-25-23-18/h1-5,7-8,10-11H,6,9,19H2,(H2,20,29,30)(H,22,23,24,25). The smallest absolute Gasteiger partial charge is 0.240 e. The fourth-order valence-electron chi connectivity index (χ4n) is 3.34. The molecule has 0 saturated heterocycles. The van der Waals surface area contributed by atoms with Crippen LogP contribution in [0.3, 0.4) is 0 Å². The fraction of sp³-hybridized carbons (Fsp3) is 0.111. The molecule has 2 aromatic carbocycles. The molecule has 32 heavy (non-hydrogen) atoms. The highest BCUT2D eigenvalue weighted by atomic mass is 32.2. The molecule has 4 aromatic rings. The molecule has 12 nitrogen and oxygen atoms in total. The van der Waals surface area contributed by atoms with Crippen LogP contribution in [0.15, 0.2) is 64.9 Å². The van der Waals surface area contributed by atoms with Gasteiger partial charge in [0.2, 0.25) is 10.0 Å². The molecule has 0 fully saturated rings. The minimum Gasteiger partial charge on any atom is -0.329 e. The van der Waals surface area contributed by atoms with Crippen LogP contribution in [0.25, 0.3) is 28.2 Å². The Kier molecular flexibility index (Phi) is 5.60. The summed E-state index contributed by atoms with van der Waals surface area (Å²) in [6.07, 6.45) is 4.98. The largest absolute Gasteiger partial charge is 0.329 e. The van der Waals surface area contributed by atoms with Gasteiger partial charge in [-0.2, -0.15) is 0 Å². The predicted molar refractivity (Wildman–Crippen MR) is 115 cm³/mol. The topological polar surface area (TPSA) is 193 Å². The molecule has 0 saturated carbocycles. The Hall–Kier alpha value is -3.46. The highest BCUT2D eigenvalue weighted by molar-refractivity contribution is 7.93. The summed E-state index contributed by atoms with van der Waals surface area (Å²) in [4.78, 5) is 2.95. The van der Waals surface area contributed by atoms with Gasteiger partial charge in [-0.1, -0.05) is 18.2 Å². The maximum atomic E-state index is 12.8. The lowest BCUT2D eigenvalue weighted by Gasteiger charge is -2.17. The van der Waals surface area contributed by atoms with E-state index in [1.54, 1.807) is 41.5 Å². The maximum Gasteiger partial charge on any atom is 0.240 e. The predicted octanol–water partition coefficient (Wildman–Crippen LogP) is 0.0992. The first-order valence-electron chi connectivity index (χ1n) is 9.18. The molecule has 0 aliphatic heterocycles. The average Bonchev–Trinajstić information content (AvgIpc) is 3.46. The molecular formula is C18H18N8O4S2. The van der Waals surface area contributed by atoms with E-state index in [1.165, 1.54) is 12.1 Å². The second kappa shape index (κ2) is 8.23. The Morgan fingerprint density at radius 3 is 2.53 bits per heavy atom. The van der Waals surface area contributed by atoms with E-state index in [0.717, 1.165) is 5.69 Å². The number of nitrogens with two attached hydrogens (primary N) is 2. The van der Waals surface area contributed by atoms with Crippen LogP contribution in [0.5, 0.6) is 0 Å². The third-order valence-corrected chi connectivity index (χ3v) is 7.58. The quantitative estimate of drug-likeness (QED) is 0.333. The number of benzene rings is 2. The Balaban J connectivity index is 2.07. The summed E-state index contributed by atoms with van der Waals surface area (Å²) in [5.41, 5.74) is 7.05. The highest BCUT2D eigenvalue weighted by Crippen LogP contribution is 2.39. The van der Waals surface area contributed by atoms with E-state index < -0.39 is 35.4 Å². The second-order valence-corrected chi connectivity index (χ2v) is 10.3. The first-order chi connectivity index (χ1) is 15.2. The van der Waals surface area contributed by atoms with Crippen LogP contribution < -0.4 is 10.9 Å². The molecule has 0 spiro atoms. The zero-order valence-corrected chi connectivity index (χ0v) is 18.1. The highest BCUT2D eigenvalue weighted by Gasteiger charge is 2.31. The van der Waals surface area contributed by atoms with Crippen molar-refractivity contribution >= 4 is 19.9 Å². The van der Waals surface area contributed by atoms with Crippen molar-refractivity contribution in [2.24, 2.45) is 10.9 Å². The number of hydrogen-bond donors (Lipinski definition) is 3. The minimum absolute atomic E-state index is 0.0538. The van der Waals surface area contributed by atoms with E-state index in [-0.39, 0.29) is 17.9 Å². The van der Waals surface area contributed by atoms with Crippen LogP contribution in [0.2, 0.25) is 0 Å². The van der Waals surface area contributed by atoms with E-state index in [2.05, 4.69) is 25.6 Å². The Morgan fingerprint density at radius 1 is 1.09 bits per heavy atom. The van der Waals surface area contributed by atoms with E-state index >= 15 is 0 Å². The van der Waals surface area contributed by atoms with Crippen LogP contribution >= 0.6 is 0 Å². The number of sulfone groups is 1. The molecule has 2 heterocycles. The van der Waals surface area contributed by atoms with E-state index in [4.69, 9.17) is 10.9 Å². The summed E-state index contributed by atoms with van der Waals surface area (Å²) >= 11 is 0. The molecule has 0 radical (unpaired) electrons. The van der Waals surface area contributed by atoms with E-state index in [1.807, 2.05) is 6.07 Å². The van der Waals surface area contributed by atoms with Crippen molar-refractivity contribution in [3.05, 3.63) is 55.1 Å². The van der Waals surface area contributed by atoms with Crippen molar-refractivity contribution in [1.82, 2.24) is 30.2 Å². The van der Waals surface area contributed by atoms with Crippen LogP contribution in [-0.4, -0.2) is 59.3 Å². The summed E-state index contributed by atoms with van der Waals surface area (Å²) in [5, 5.41) is 18.8. The van der Waals surface area contributed by atoms with E-state index in [0.29, 0.717) is 11.1 Å².